The van der Waals surface area contributed by atoms with Crippen molar-refractivity contribution in [2.24, 2.45) is 11.8 Å². The first kappa shape index (κ1) is 28.2. The molecule has 4 rings (SSSR count). The maximum atomic E-state index is 13.7. The number of carbonyl (C=O) groups is 3. The summed E-state index contributed by atoms with van der Waals surface area (Å²) in [7, 11) is 1.33. The van der Waals surface area contributed by atoms with Gasteiger partial charge in [-0.2, -0.15) is 13.2 Å². The lowest BCUT2D eigenvalue weighted by atomic mass is 9.83. The van der Waals surface area contributed by atoms with E-state index in [4.69, 9.17) is 27.9 Å². The van der Waals surface area contributed by atoms with Crippen molar-refractivity contribution in [2.75, 3.05) is 20.2 Å². The van der Waals surface area contributed by atoms with Gasteiger partial charge in [0.1, 0.15) is 5.15 Å². The molecule has 0 N–H and O–H groups in total. The maximum absolute atomic E-state index is 13.7. The number of piperidine rings is 1. The van der Waals surface area contributed by atoms with E-state index >= 15 is 0 Å². The number of nitrogens with zero attached hydrogens (tertiary/aromatic N) is 3. The first-order valence-electron chi connectivity index (χ1n) is 12.0. The van der Waals surface area contributed by atoms with Crippen LogP contribution in [0.25, 0.3) is 0 Å². The predicted molar refractivity (Wildman–Crippen MR) is 135 cm³/mol. The third-order valence-corrected chi connectivity index (χ3v) is 7.96. The lowest BCUT2D eigenvalue weighted by molar-refractivity contribution is -0.142. The van der Waals surface area contributed by atoms with Crippen LogP contribution in [-0.4, -0.2) is 65.0 Å². The number of alkyl halides is 3. The highest BCUT2D eigenvalue weighted by atomic mass is 35.5. The number of pyridine rings is 1. The molecule has 0 radical (unpaired) electrons. The molecule has 0 bridgehead atoms. The third-order valence-electron chi connectivity index (χ3n) is 7.28. The van der Waals surface area contributed by atoms with Crippen molar-refractivity contribution in [3.05, 3.63) is 62.6 Å². The Hall–Kier alpha value is -2.85. The Kier molecular flexibility index (Phi) is 7.95. The van der Waals surface area contributed by atoms with E-state index in [1.165, 1.54) is 31.3 Å². The second-order valence-electron chi connectivity index (χ2n) is 9.73. The Morgan fingerprint density at radius 2 is 1.76 bits per heavy atom. The number of aromatic nitrogens is 1. The Morgan fingerprint density at radius 1 is 1.11 bits per heavy atom. The van der Waals surface area contributed by atoms with Crippen molar-refractivity contribution in [2.45, 2.75) is 45.3 Å². The number of ether oxygens (including phenoxy) is 1. The van der Waals surface area contributed by atoms with E-state index in [1.807, 2.05) is 0 Å². The molecule has 0 spiro atoms. The summed E-state index contributed by atoms with van der Waals surface area (Å²) in [6, 6.07) is -0.686. The number of fused-ring (bicyclic) bond motifs is 1. The van der Waals surface area contributed by atoms with Crippen molar-refractivity contribution < 1.29 is 32.3 Å². The van der Waals surface area contributed by atoms with E-state index in [9.17, 15) is 27.6 Å². The van der Waals surface area contributed by atoms with E-state index in [0.29, 0.717) is 37.1 Å². The standard InChI is InChI=1S/C26H26Cl2F3N3O4/c1-13-8-16(26(29,30)31)10-17-14(2)12-34(22(13)17)25(37)20-21(27)18(11-32-23(20)28)24(36)33-6-4-15(5-7-33)9-19(35)38-3/h8,10-12,15,17,22H,4-7,9H2,1-3H3. The minimum atomic E-state index is -4.51. The van der Waals surface area contributed by atoms with Crippen LogP contribution in [0.4, 0.5) is 13.2 Å². The van der Waals surface area contributed by atoms with E-state index in [0.717, 1.165) is 12.2 Å². The monoisotopic (exact) mass is 571 g/mol. The number of hydrogen-bond acceptors (Lipinski definition) is 5. The Bertz CT molecular complexity index is 1270. The van der Waals surface area contributed by atoms with E-state index in [-0.39, 0.29) is 39.6 Å². The molecular formula is C26H26Cl2F3N3O4. The second kappa shape index (κ2) is 10.7. The van der Waals surface area contributed by atoms with Gasteiger partial charge in [-0.15, -0.1) is 0 Å². The minimum absolute atomic E-state index is 0.00237. The molecule has 0 aromatic carbocycles. The molecule has 7 nitrogen and oxygen atoms in total. The molecule has 1 aromatic rings. The molecule has 12 heteroatoms. The maximum Gasteiger partial charge on any atom is 0.416 e. The lowest BCUT2D eigenvalue weighted by Gasteiger charge is -2.33. The fourth-order valence-electron chi connectivity index (χ4n) is 5.22. The van der Waals surface area contributed by atoms with Crippen molar-refractivity contribution in [1.82, 2.24) is 14.8 Å². The van der Waals surface area contributed by atoms with Gasteiger partial charge in [0, 0.05) is 37.8 Å². The van der Waals surface area contributed by atoms with Crippen LogP contribution in [0, 0.1) is 11.8 Å². The number of rotatable bonds is 4. The summed E-state index contributed by atoms with van der Waals surface area (Å²) >= 11 is 12.8. The fraction of sp³-hybridized carbons (Fsp3) is 0.462. The van der Waals surface area contributed by atoms with Crippen molar-refractivity contribution in [3.8, 4) is 0 Å². The summed E-state index contributed by atoms with van der Waals surface area (Å²) < 4.78 is 44.9. The number of allylic oxidation sites excluding steroid dienone is 2. The van der Waals surface area contributed by atoms with Gasteiger partial charge in [0.15, 0.2) is 0 Å². The number of likely N-dealkylation sites (tertiary alicyclic amines) is 1. The van der Waals surface area contributed by atoms with E-state index in [1.54, 1.807) is 11.8 Å². The van der Waals surface area contributed by atoms with Crippen LogP contribution in [0.5, 0.6) is 0 Å². The third kappa shape index (κ3) is 5.33. The molecular weight excluding hydrogens is 546 g/mol. The SMILES string of the molecule is COC(=O)CC1CCN(C(=O)c2cnc(Cl)c(C(=O)N3C=C(C)C4C=C(C(F)(F)F)C=C(C)C43)c2Cl)CC1. The molecule has 2 aliphatic heterocycles. The minimum Gasteiger partial charge on any atom is -0.469 e. The van der Waals surface area contributed by atoms with Crippen LogP contribution < -0.4 is 0 Å². The number of hydrogen-bond donors (Lipinski definition) is 0. The van der Waals surface area contributed by atoms with E-state index < -0.39 is 35.5 Å². The zero-order chi connectivity index (χ0) is 27.9. The van der Waals surface area contributed by atoms with Gasteiger partial charge in [-0.25, -0.2) is 4.98 Å². The highest BCUT2D eigenvalue weighted by Crippen LogP contribution is 2.43. The molecule has 3 heterocycles. The van der Waals surface area contributed by atoms with Gasteiger partial charge in [0.05, 0.1) is 34.9 Å². The number of methoxy groups -OCH3 is 1. The van der Waals surface area contributed by atoms with Gasteiger partial charge < -0.3 is 14.5 Å². The highest BCUT2D eigenvalue weighted by molar-refractivity contribution is 6.41. The second-order valence-corrected chi connectivity index (χ2v) is 10.5. The first-order valence-corrected chi connectivity index (χ1v) is 12.8. The number of halogens is 5. The zero-order valence-electron chi connectivity index (χ0n) is 20.9. The number of carbonyl (C=O) groups excluding carboxylic acids is 3. The molecule has 1 aliphatic carbocycles. The molecule has 2 unspecified atom stereocenters. The topological polar surface area (TPSA) is 79.8 Å². The zero-order valence-corrected chi connectivity index (χ0v) is 22.5. The molecule has 1 fully saturated rings. The van der Waals surface area contributed by atoms with Crippen LogP contribution in [0.2, 0.25) is 10.2 Å². The summed E-state index contributed by atoms with van der Waals surface area (Å²) in [5.41, 5.74) is -0.0346. The molecule has 204 valence electrons. The summed E-state index contributed by atoms with van der Waals surface area (Å²) in [6.07, 6.45) is 1.81. The van der Waals surface area contributed by atoms with Gasteiger partial charge in [0.2, 0.25) is 0 Å². The molecule has 38 heavy (non-hydrogen) atoms. The van der Waals surface area contributed by atoms with Gasteiger partial charge >= 0.3 is 12.1 Å². The molecule has 2 amide bonds. The predicted octanol–water partition coefficient (Wildman–Crippen LogP) is 5.60. The molecule has 2 atom stereocenters. The normalized spacial score (nSPS) is 21.9. The number of esters is 1. The van der Waals surface area contributed by atoms with Crippen molar-refractivity contribution >= 4 is 41.0 Å². The van der Waals surface area contributed by atoms with Crippen LogP contribution in [0.3, 0.4) is 0 Å². The van der Waals surface area contributed by atoms with Gasteiger partial charge in [-0.1, -0.05) is 29.3 Å². The molecule has 1 aromatic heterocycles. The summed E-state index contributed by atoms with van der Waals surface area (Å²) in [5.74, 6) is -1.96. The molecule has 1 saturated heterocycles. The average molecular weight is 572 g/mol. The van der Waals surface area contributed by atoms with Crippen molar-refractivity contribution in [3.63, 3.8) is 0 Å². The fourth-order valence-corrected chi connectivity index (χ4v) is 5.80. The van der Waals surface area contributed by atoms with Crippen LogP contribution in [0.15, 0.2) is 41.3 Å². The van der Waals surface area contributed by atoms with Gasteiger partial charge in [-0.05, 0) is 49.8 Å². The largest absolute Gasteiger partial charge is 0.469 e. The number of amides is 2. The summed E-state index contributed by atoms with van der Waals surface area (Å²) in [6.45, 7) is 3.96. The Morgan fingerprint density at radius 3 is 2.37 bits per heavy atom. The summed E-state index contributed by atoms with van der Waals surface area (Å²) in [5, 5.41) is -0.387. The molecule has 3 aliphatic rings. The van der Waals surface area contributed by atoms with Gasteiger partial charge in [0.25, 0.3) is 11.8 Å². The van der Waals surface area contributed by atoms with Crippen LogP contribution >= 0.6 is 23.2 Å². The smallest absolute Gasteiger partial charge is 0.416 e. The average Bonchev–Trinajstić information content (AvgIpc) is 3.20. The lowest BCUT2D eigenvalue weighted by Crippen LogP contribution is -2.40. The van der Waals surface area contributed by atoms with Gasteiger partial charge in [-0.3, -0.25) is 14.4 Å². The Balaban J connectivity index is 1.57. The quantitative estimate of drug-likeness (QED) is 0.347. The summed E-state index contributed by atoms with van der Waals surface area (Å²) in [4.78, 5) is 45.4. The highest BCUT2D eigenvalue weighted by Gasteiger charge is 2.44. The van der Waals surface area contributed by atoms with Crippen LogP contribution in [-0.2, 0) is 9.53 Å². The van der Waals surface area contributed by atoms with E-state index in [2.05, 4.69) is 4.98 Å². The Labute approximate surface area is 227 Å². The van der Waals surface area contributed by atoms with Crippen LogP contribution in [0.1, 0.15) is 53.8 Å². The van der Waals surface area contributed by atoms with Crippen molar-refractivity contribution in [1.29, 1.82) is 0 Å². The molecule has 0 saturated carbocycles. The first-order chi connectivity index (χ1) is 17.8.